The van der Waals surface area contributed by atoms with Crippen LogP contribution in [0.3, 0.4) is 0 Å². The molecule has 0 fully saturated rings. The summed E-state index contributed by atoms with van der Waals surface area (Å²) in [5.41, 5.74) is 7.05. The molecule has 150 valence electrons. The van der Waals surface area contributed by atoms with Crippen molar-refractivity contribution in [3.05, 3.63) is 54.4 Å². The first-order valence-electron chi connectivity index (χ1n) is 8.58. The van der Waals surface area contributed by atoms with Crippen LogP contribution in [0.1, 0.15) is 16.1 Å². The molecule has 0 aliphatic carbocycles. The zero-order valence-corrected chi connectivity index (χ0v) is 15.9. The van der Waals surface area contributed by atoms with Crippen molar-refractivity contribution in [2.24, 2.45) is 10.2 Å². The highest BCUT2D eigenvalue weighted by atomic mass is 16.5. The van der Waals surface area contributed by atoms with Gasteiger partial charge in [0.25, 0.3) is 11.9 Å². The summed E-state index contributed by atoms with van der Waals surface area (Å²) in [4.78, 5) is 28.6. The third-order valence-corrected chi connectivity index (χ3v) is 3.94. The van der Waals surface area contributed by atoms with Gasteiger partial charge in [0.05, 0.1) is 19.0 Å². The van der Waals surface area contributed by atoms with Gasteiger partial charge in [-0.1, -0.05) is 0 Å². The fraction of sp³-hybridized carbons (Fsp3) is 0.118. The van der Waals surface area contributed by atoms with Gasteiger partial charge in [-0.3, -0.25) is 0 Å². The lowest BCUT2D eigenvalue weighted by molar-refractivity contribution is 0.0601. The van der Waals surface area contributed by atoms with E-state index in [1.807, 2.05) is 0 Å². The number of rotatable bonds is 5. The molecule has 4 heterocycles. The SMILES string of the molecule is COC(=O)c1cnn(-c2ncccn2)c1/N=N/c1c(C)nn(-c2ncccn2)c1N. The first kappa shape index (κ1) is 18.8. The quantitative estimate of drug-likeness (QED) is 0.384. The zero-order valence-electron chi connectivity index (χ0n) is 15.9. The number of methoxy groups -OCH3 is 1. The molecule has 0 bridgehead atoms. The summed E-state index contributed by atoms with van der Waals surface area (Å²) in [5.74, 6) is 0.126. The Morgan fingerprint density at radius 1 is 1.00 bits per heavy atom. The Kier molecular flexibility index (Phi) is 4.90. The lowest BCUT2D eigenvalue weighted by Crippen LogP contribution is -2.05. The molecule has 0 radical (unpaired) electrons. The maximum atomic E-state index is 12.1. The van der Waals surface area contributed by atoms with E-state index in [1.54, 1.807) is 31.5 Å². The fourth-order valence-electron chi connectivity index (χ4n) is 2.55. The monoisotopic (exact) mass is 405 g/mol. The van der Waals surface area contributed by atoms with Gasteiger partial charge in [0.15, 0.2) is 17.3 Å². The normalized spacial score (nSPS) is 11.1. The van der Waals surface area contributed by atoms with E-state index in [4.69, 9.17) is 10.5 Å². The number of aryl methyl sites for hydroxylation is 1. The lowest BCUT2D eigenvalue weighted by Gasteiger charge is -2.02. The van der Waals surface area contributed by atoms with Crippen LogP contribution in [-0.2, 0) is 4.74 Å². The Morgan fingerprint density at radius 3 is 2.20 bits per heavy atom. The third-order valence-electron chi connectivity index (χ3n) is 3.94. The van der Waals surface area contributed by atoms with Crippen LogP contribution in [0.15, 0.2) is 53.3 Å². The predicted octanol–water partition coefficient (Wildman–Crippen LogP) is 1.73. The van der Waals surface area contributed by atoms with Crippen molar-refractivity contribution in [3.63, 3.8) is 0 Å². The highest BCUT2D eigenvalue weighted by Gasteiger charge is 2.21. The number of aromatic nitrogens is 8. The second kappa shape index (κ2) is 7.83. The summed E-state index contributed by atoms with van der Waals surface area (Å²) in [6, 6.07) is 3.33. The predicted molar refractivity (Wildman–Crippen MR) is 103 cm³/mol. The van der Waals surface area contributed by atoms with Crippen LogP contribution in [0.5, 0.6) is 0 Å². The van der Waals surface area contributed by atoms with Crippen molar-refractivity contribution >= 4 is 23.3 Å². The molecule has 0 aliphatic rings. The minimum Gasteiger partial charge on any atom is -0.465 e. The van der Waals surface area contributed by atoms with Gasteiger partial charge in [-0.2, -0.15) is 19.6 Å². The number of carbonyl (C=O) groups excluding carboxylic acids is 1. The topological polar surface area (TPSA) is 164 Å². The van der Waals surface area contributed by atoms with Crippen LogP contribution in [0.25, 0.3) is 11.9 Å². The summed E-state index contributed by atoms with van der Waals surface area (Å²) >= 11 is 0. The molecule has 4 aromatic rings. The molecule has 0 amide bonds. The summed E-state index contributed by atoms with van der Waals surface area (Å²) in [6.07, 6.45) is 7.51. The molecule has 13 nitrogen and oxygen atoms in total. The van der Waals surface area contributed by atoms with Crippen molar-refractivity contribution in [2.75, 3.05) is 12.8 Å². The van der Waals surface area contributed by atoms with Crippen LogP contribution in [0.2, 0.25) is 0 Å². The van der Waals surface area contributed by atoms with Gasteiger partial charge in [0.2, 0.25) is 0 Å². The number of carbonyl (C=O) groups is 1. The number of hydrogen-bond acceptors (Lipinski definition) is 11. The highest BCUT2D eigenvalue weighted by Crippen LogP contribution is 2.31. The van der Waals surface area contributed by atoms with E-state index >= 15 is 0 Å². The maximum absolute atomic E-state index is 12.1. The minimum atomic E-state index is -0.635. The Morgan fingerprint density at radius 2 is 1.60 bits per heavy atom. The molecule has 30 heavy (non-hydrogen) atoms. The molecular weight excluding hydrogens is 390 g/mol. The number of nitrogens with zero attached hydrogens (tertiary/aromatic N) is 10. The van der Waals surface area contributed by atoms with E-state index in [9.17, 15) is 4.79 Å². The number of esters is 1. The Labute approximate surface area is 169 Å². The van der Waals surface area contributed by atoms with Gasteiger partial charge in [-0.05, 0) is 19.1 Å². The van der Waals surface area contributed by atoms with Crippen molar-refractivity contribution in [1.29, 1.82) is 0 Å². The number of ether oxygens (including phenoxy) is 1. The molecular formula is C17H15N11O2. The second-order valence-corrected chi connectivity index (χ2v) is 5.81. The Bertz CT molecular complexity index is 1220. The van der Waals surface area contributed by atoms with Gasteiger partial charge in [-0.15, -0.1) is 10.2 Å². The summed E-state index contributed by atoms with van der Waals surface area (Å²) in [7, 11) is 1.26. The summed E-state index contributed by atoms with van der Waals surface area (Å²) in [6.45, 7) is 1.71. The molecule has 0 saturated heterocycles. The van der Waals surface area contributed by atoms with Crippen molar-refractivity contribution < 1.29 is 9.53 Å². The minimum absolute atomic E-state index is 0.0792. The average molecular weight is 405 g/mol. The van der Waals surface area contributed by atoms with E-state index in [0.29, 0.717) is 11.4 Å². The number of anilines is 1. The third kappa shape index (κ3) is 3.34. The molecule has 0 spiro atoms. The van der Waals surface area contributed by atoms with E-state index in [1.165, 1.54) is 35.1 Å². The number of nitrogen functional groups attached to an aromatic ring is 1. The van der Waals surface area contributed by atoms with E-state index in [0.717, 1.165) is 0 Å². The van der Waals surface area contributed by atoms with Crippen molar-refractivity contribution in [2.45, 2.75) is 6.92 Å². The Balaban J connectivity index is 1.79. The van der Waals surface area contributed by atoms with Gasteiger partial charge in [0.1, 0.15) is 5.56 Å². The first-order valence-corrected chi connectivity index (χ1v) is 8.58. The van der Waals surface area contributed by atoms with E-state index in [-0.39, 0.29) is 29.1 Å². The molecule has 0 atom stereocenters. The molecule has 4 aromatic heterocycles. The van der Waals surface area contributed by atoms with Crippen molar-refractivity contribution in [3.8, 4) is 11.9 Å². The van der Waals surface area contributed by atoms with Crippen LogP contribution in [-0.4, -0.2) is 52.6 Å². The molecule has 13 heteroatoms. The maximum Gasteiger partial charge on any atom is 0.343 e. The van der Waals surface area contributed by atoms with Crippen LogP contribution in [0, 0.1) is 6.92 Å². The Hall–Kier alpha value is -4.55. The summed E-state index contributed by atoms with van der Waals surface area (Å²) in [5, 5.41) is 16.8. The van der Waals surface area contributed by atoms with Gasteiger partial charge < -0.3 is 10.5 Å². The standard InChI is InChI=1S/C17H15N11O2/c1-10-12(13(18)27(26-10)16-19-5-3-6-20-16)24-25-14-11(15(29)30-2)9-23-28(14)17-21-7-4-8-22-17/h3-9H,18H2,1-2H3/b25-24+. The first-order chi connectivity index (χ1) is 14.6. The molecule has 2 N–H and O–H groups in total. The fourth-order valence-corrected chi connectivity index (χ4v) is 2.55. The van der Waals surface area contributed by atoms with Crippen LogP contribution >= 0.6 is 0 Å². The summed E-state index contributed by atoms with van der Waals surface area (Å²) < 4.78 is 7.41. The highest BCUT2D eigenvalue weighted by molar-refractivity contribution is 5.93. The van der Waals surface area contributed by atoms with Gasteiger partial charge in [-0.25, -0.2) is 24.7 Å². The smallest absolute Gasteiger partial charge is 0.343 e. The molecule has 0 unspecified atom stereocenters. The molecule has 0 saturated carbocycles. The van der Waals surface area contributed by atoms with Crippen LogP contribution in [0.4, 0.5) is 17.3 Å². The molecule has 0 aromatic carbocycles. The van der Waals surface area contributed by atoms with Gasteiger partial charge >= 0.3 is 5.97 Å². The average Bonchev–Trinajstić information content (AvgIpc) is 3.33. The van der Waals surface area contributed by atoms with Gasteiger partial charge in [0, 0.05) is 24.8 Å². The number of azo groups is 1. The zero-order chi connectivity index (χ0) is 21.1. The lowest BCUT2D eigenvalue weighted by atomic mass is 10.3. The molecule has 0 aliphatic heterocycles. The largest absolute Gasteiger partial charge is 0.465 e. The van der Waals surface area contributed by atoms with Crippen molar-refractivity contribution in [1.82, 2.24) is 39.5 Å². The van der Waals surface area contributed by atoms with Crippen LogP contribution < -0.4 is 5.73 Å². The second-order valence-electron chi connectivity index (χ2n) is 5.81. The van der Waals surface area contributed by atoms with E-state index < -0.39 is 5.97 Å². The molecule has 4 rings (SSSR count). The number of hydrogen-bond donors (Lipinski definition) is 1. The van der Waals surface area contributed by atoms with E-state index in [2.05, 4.69) is 40.4 Å². The number of nitrogens with two attached hydrogens (primary N) is 1.